The molecular formula is C28H33N3. The largest absolute Gasteiger partial charge is 0.359 e. The van der Waals surface area contributed by atoms with Gasteiger partial charge in [-0.15, -0.1) is 0 Å². The first-order chi connectivity index (χ1) is 15.1. The van der Waals surface area contributed by atoms with Gasteiger partial charge in [-0.05, 0) is 30.2 Å². The van der Waals surface area contributed by atoms with Crippen LogP contribution in [0.5, 0.6) is 0 Å². The first-order valence-electron chi connectivity index (χ1n) is 11.1. The summed E-state index contributed by atoms with van der Waals surface area (Å²) in [4.78, 5) is 4.92. The number of nitrogens with zero attached hydrogens (tertiary/aromatic N) is 1. The minimum atomic E-state index is -0.127. The van der Waals surface area contributed by atoms with E-state index in [-0.39, 0.29) is 6.17 Å². The number of rotatable bonds is 5. The van der Waals surface area contributed by atoms with Crippen molar-refractivity contribution < 1.29 is 0 Å². The lowest BCUT2D eigenvalue weighted by Crippen LogP contribution is -2.29. The van der Waals surface area contributed by atoms with Gasteiger partial charge in [-0.2, -0.15) is 0 Å². The Labute approximate surface area is 187 Å². The summed E-state index contributed by atoms with van der Waals surface area (Å²) in [5, 5.41) is 6.96. The Kier molecular flexibility index (Phi) is 8.05. The van der Waals surface area contributed by atoms with Crippen molar-refractivity contribution in [3.8, 4) is 0 Å². The van der Waals surface area contributed by atoms with Crippen LogP contribution in [-0.2, 0) is 0 Å². The summed E-state index contributed by atoms with van der Waals surface area (Å²) in [5.74, 6) is 0.835. The van der Waals surface area contributed by atoms with E-state index in [9.17, 15) is 0 Å². The van der Waals surface area contributed by atoms with Crippen molar-refractivity contribution in [3.63, 3.8) is 0 Å². The fraction of sp³-hybridized carbons (Fsp3) is 0.250. The summed E-state index contributed by atoms with van der Waals surface area (Å²) in [5.41, 5.74) is 6.38. The highest BCUT2D eigenvalue weighted by atomic mass is 15.2. The molecule has 0 bridgehead atoms. The minimum absolute atomic E-state index is 0.127. The molecule has 0 aliphatic carbocycles. The topological polar surface area (TPSA) is 36.4 Å². The van der Waals surface area contributed by atoms with Crippen LogP contribution >= 0.6 is 0 Å². The van der Waals surface area contributed by atoms with Crippen LogP contribution in [0.15, 0.2) is 90.4 Å². The van der Waals surface area contributed by atoms with Crippen LogP contribution in [0.25, 0.3) is 5.70 Å². The molecule has 0 amide bonds. The predicted octanol–water partition coefficient (Wildman–Crippen LogP) is 7.32. The molecule has 2 N–H and O–H groups in total. The molecule has 1 atom stereocenters. The number of fused-ring (bicyclic) bond motifs is 1. The Morgan fingerprint density at radius 1 is 0.903 bits per heavy atom. The number of anilines is 1. The number of benzene rings is 3. The molecule has 0 aromatic heterocycles. The Morgan fingerprint density at radius 2 is 1.55 bits per heavy atom. The van der Waals surface area contributed by atoms with E-state index in [1.807, 2.05) is 42.5 Å². The Balaban J connectivity index is 0.000000491. The molecule has 0 fully saturated rings. The molecule has 1 unspecified atom stereocenters. The van der Waals surface area contributed by atoms with Gasteiger partial charge in [-0.3, -0.25) is 0 Å². The van der Waals surface area contributed by atoms with Crippen LogP contribution in [-0.4, -0.2) is 5.84 Å². The molecule has 0 radical (unpaired) electrons. The maximum Gasteiger partial charge on any atom is 0.147 e. The van der Waals surface area contributed by atoms with Gasteiger partial charge in [0.05, 0.1) is 0 Å². The molecule has 3 aromatic carbocycles. The highest BCUT2D eigenvalue weighted by Gasteiger charge is 2.21. The van der Waals surface area contributed by atoms with E-state index in [1.165, 1.54) is 24.8 Å². The average molecular weight is 412 g/mol. The highest BCUT2D eigenvalue weighted by molar-refractivity contribution is 6.08. The van der Waals surface area contributed by atoms with Crippen molar-refractivity contribution in [2.24, 2.45) is 4.99 Å². The zero-order valence-corrected chi connectivity index (χ0v) is 18.9. The van der Waals surface area contributed by atoms with Crippen LogP contribution in [0.4, 0.5) is 5.69 Å². The highest BCUT2D eigenvalue weighted by Crippen LogP contribution is 2.29. The van der Waals surface area contributed by atoms with Gasteiger partial charge in [0, 0.05) is 22.5 Å². The number of unbranched alkanes of at least 4 members (excludes halogenated alkanes) is 2. The second-order valence-corrected chi connectivity index (χ2v) is 7.75. The predicted molar refractivity (Wildman–Crippen MR) is 134 cm³/mol. The van der Waals surface area contributed by atoms with Crippen LogP contribution in [0.1, 0.15) is 61.5 Å². The van der Waals surface area contributed by atoms with Gasteiger partial charge in [-0.1, -0.05) is 106 Å². The standard InChI is InChI=1S/C23H21N3.C5H12/c1-16-10-6-7-13-19(16)17(2)24-23-20-14-8-9-15-21(20)25-22(26-23)18-11-4-3-5-12-18;1-3-5-4-2/h3-15,22,25H,2H2,1H3,(H,24,26);3-5H2,1-2H3. The molecule has 160 valence electrons. The molecule has 31 heavy (non-hydrogen) atoms. The van der Waals surface area contributed by atoms with Crippen LogP contribution in [0.3, 0.4) is 0 Å². The zero-order valence-electron chi connectivity index (χ0n) is 18.9. The first-order valence-corrected chi connectivity index (χ1v) is 11.1. The first kappa shape index (κ1) is 22.4. The lowest BCUT2D eigenvalue weighted by molar-refractivity contribution is 0.772. The molecule has 1 aliphatic rings. The van der Waals surface area contributed by atoms with Crippen molar-refractivity contribution in [3.05, 3.63) is 108 Å². The van der Waals surface area contributed by atoms with Crippen LogP contribution in [0.2, 0.25) is 0 Å². The van der Waals surface area contributed by atoms with Gasteiger partial charge in [-0.25, -0.2) is 4.99 Å². The number of nitrogens with one attached hydrogen (secondary N) is 2. The van der Waals surface area contributed by atoms with E-state index in [4.69, 9.17) is 4.99 Å². The van der Waals surface area contributed by atoms with Gasteiger partial charge in [0.1, 0.15) is 12.0 Å². The second-order valence-electron chi connectivity index (χ2n) is 7.75. The van der Waals surface area contributed by atoms with E-state index in [0.717, 1.165) is 33.9 Å². The normalized spacial score (nSPS) is 14.3. The monoisotopic (exact) mass is 411 g/mol. The number of hydrogen-bond acceptors (Lipinski definition) is 3. The average Bonchev–Trinajstić information content (AvgIpc) is 2.81. The molecule has 4 rings (SSSR count). The Bertz CT molecular complexity index is 1020. The number of para-hydroxylation sites is 1. The quantitative estimate of drug-likeness (QED) is 0.461. The lowest BCUT2D eigenvalue weighted by Gasteiger charge is -2.27. The Morgan fingerprint density at radius 3 is 2.23 bits per heavy atom. The van der Waals surface area contributed by atoms with E-state index in [2.05, 4.69) is 74.4 Å². The fourth-order valence-electron chi connectivity index (χ4n) is 3.56. The van der Waals surface area contributed by atoms with Gasteiger partial charge >= 0.3 is 0 Å². The van der Waals surface area contributed by atoms with Gasteiger partial charge in [0.15, 0.2) is 0 Å². The van der Waals surface area contributed by atoms with Crippen molar-refractivity contribution in [1.29, 1.82) is 0 Å². The van der Waals surface area contributed by atoms with Crippen molar-refractivity contribution >= 4 is 17.2 Å². The summed E-state index contributed by atoms with van der Waals surface area (Å²) in [6.07, 6.45) is 3.95. The summed E-state index contributed by atoms with van der Waals surface area (Å²) < 4.78 is 0. The van der Waals surface area contributed by atoms with Crippen LogP contribution in [0, 0.1) is 6.92 Å². The third-order valence-electron chi connectivity index (χ3n) is 5.29. The van der Waals surface area contributed by atoms with E-state index < -0.39 is 0 Å². The lowest BCUT2D eigenvalue weighted by atomic mass is 10.0. The van der Waals surface area contributed by atoms with Gasteiger partial charge < -0.3 is 10.6 Å². The molecule has 1 aliphatic heterocycles. The fourth-order valence-corrected chi connectivity index (χ4v) is 3.56. The molecule has 3 aromatic rings. The van der Waals surface area contributed by atoms with E-state index >= 15 is 0 Å². The number of aryl methyl sites for hydroxylation is 1. The summed E-state index contributed by atoms with van der Waals surface area (Å²) in [6, 6.07) is 26.7. The van der Waals surface area contributed by atoms with Gasteiger partial charge in [0.2, 0.25) is 0 Å². The summed E-state index contributed by atoms with van der Waals surface area (Å²) in [6.45, 7) is 10.8. The van der Waals surface area contributed by atoms with Gasteiger partial charge in [0.25, 0.3) is 0 Å². The van der Waals surface area contributed by atoms with Crippen molar-refractivity contribution in [1.82, 2.24) is 5.32 Å². The summed E-state index contributed by atoms with van der Waals surface area (Å²) in [7, 11) is 0. The van der Waals surface area contributed by atoms with Crippen molar-refractivity contribution in [2.45, 2.75) is 46.2 Å². The second kappa shape index (κ2) is 11.2. The zero-order chi connectivity index (χ0) is 22.1. The molecule has 0 saturated carbocycles. The summed E-state index contributed by atoms with van der Waals surface area (Å²) >= 11 is 0. The molecule has 0 spiro atoms. The number of amidine groups is 1. The Hall–Kier alpha value is -3.33. The molecule has 1 heterocycles. The molecule has 0 saturated heterocycles. The smallest absolute Gasteiger partial charge is 0.147 e. The molecular weight excluding hydrogens is 378 g/mol. The SMILES string of the molecule is C=C(NC1=NC(c2ccccc2)Nc2ccccc21)c1ccccc1C.CCCCC. The number of hydrogen-bond donors (Lipinski definition) is 2. The van der Waals surface area contributed by atoms with Crippen LogP contribution < -0.4 is 10.6 Å². The van der Waals surface area contributed by atoms with E-state index in [1.54, 1.807) is 0 Å². The van der Waals surface area contributed by atoms with E-state index in [0.29, 0.717) is 0 Å². The maximum absolute atomic E-state index is 4.92. The minimum Gasteiger partial charge on any atom is -0.359 e. The van der Waals surface area contributed by atoms with Crippen molar-refractivity contribution in [2.75, 3.05) is 5.32 Å². The third-order valence-corrected chi connectivity index (χ3v) is 5.29. The maximum atomic E-state index is 4.92. The number of aliphatic imine (C=N–C) groups is 1. The molecule has 3 nitrogen and oxygen atoms in total. The third kappa shape index (κ3) is 5.85. The molecule has 3 heteroatoms.